The van der Waals surface area contributed by atoms with Crippen molar-refractivity contribution in [2.24, 2.45) is 5.16 Å². The number of methoxy groups -OCH3 is 4. The molecule has 7 heteroatoms. The Labute approximate surface area is 241 Å². The normalized spacial score (nSPS) is 11.5. The largest absolute Gasteiger partial charge is 0.496 e. The number of benzene rings is 2. The van der Waals surface area contributed by atoms with Crippen LogP contribution in [0.5, 0.6) is 23.0 Å². The summed E-state index contributed by atoms with van der Waals surface area (Å²) < 4.78 is 23.1. The third kappa shape index (κ3) is 9.90. The third-order valence-electron chi connectivity index (χ3n) is 7.31. The minimum absolute atomic E-state index is 0.306. The summed E-state index contributed by atoms with van der Waals surface area (Å²) in [6.45, 7) is 4.43. The van der Waals surface area contributed by atoms with Crippen LogP contribution in [-0.4, -0.2) is 40.1 Å². The maximum Gasteiger partial charge on any atom is 0.335 e. The zero-order valence-corrected chi connectivity index (χ0v) is 25.7. The van der Waals surface area contributed by atoms with Crippen molar-refractivity contribution < 1.29 is 28.6 Å². The minimum atomic E-state index is -0.306. The van der Waals surface area contributed by atoms with Gasteiger partial charge in [0.25, 0.3) is 0 Å². The number of fused-ring (bicyclic) bond motifs is 1. The topological polar surface area (TPSA) is 75.6 Å². The van der Waals surface area contributed by atoms with Gasteiger partial charge in [0.1, 0.15) is 23.0 Å². The molecular formula is C33H51NO6. The van der Waals surface area contributed by atoms with Crippen LogP contribution in [0.25, 0.3) is 10.8 Å². The Morgan fingerprint density at radius 2 is 1.12 bits per heavy atom. The molecule has 7 nitrogen and oxygen atoms in total. The van der Waals surface area contributed by atoms with Gasteiger partial charge in [-0.15, -0.1) is 0 Å². The SMILES string of the molecule is CCCCCCCCCC(=O)ON=C(CCCCCCCC)c1cc(OC)c2c(OC)ccc(OC)c2c1OC. The summed E-state index contributed by atoms with van der Waals surface area (Å²) in [6, 6.07) is 5.59. The lowest BCUT2D eigenvalue weighted by Crippen LogP contribution is -2.09. The van der Waals surface area contributed by atoms with Crippen LogP contribution in [-0.2, 0) is 9.63 Å². The molecule has 0 radical (unpaired) electrons. The van der Waals surface area contributed by atoms with Gasteiger partial charge in [-0.25, -0.2) is 4.79 Å². The molecule has 2 rings (SSSR count). The first-order valence-electron chi connectivity index (χ1n) is 15.1. The highest BCUT2D eigenvalue weighted by molar-refractivity contribution is 6.12. The van der Waals surface area contributed by atoms with Gasteiger partial charge in [-0.1, -0.05) is 89.6 Å². The summed E-state index contributed by atoms with van der Waals surface area (Å²) in [5, 5.41) is 5.89. The molecule has 0 heterocycles. The number of oxime groups is 1. The van der Waals surface area contributed by atoms with Crippen LogP contribution in [0.15, 0.2) is 23.4 Å². The zero-order valence-electron chi connectivity index (χ0n) is 25.7. The maximum atomic E-state index is 12.6. The van der Waals surface area contributed by atoms with Gasteiger partial charge in [0, 0.05) is 12.0 Å². The molecule has 0 fully saturated rings. The molecular weight excluding hydrogens is 506 g/mol. The van der Waals surface area contributed by atoms with E-state index in [9.17, 15) is 4.79 Å². The number of carbonyl (C=O) groups excluding carboxylic acids is 1. The van der Waals surface area contributed by atoms with E-state index in [1.165, 1.54) is 51.4 Å². The lowest BCUT2D eigenvalue weighted by Gasteiger charge is -2.19. The van der Waals surface area contributed by atoms with E-state index in [2.05, 4.69) is 19.0 Å². The highest BCUT2D eigenvalue weighted by Gasteiger charge is 2.24. The standard InChI is InChI=1S/C33H51NO6/c1-7-9-11-13-15-17-19-21-30(35)40-34-26(20-18-16-14-12-10-8-2)25-24-29(38-5)31-27(36-3)22-23-28(37-4)32(31)33(25)39-6/h22-24H,7-21H2,1-6H3. The molecule has 40 heavy (non-hydrogen) atoms. The van der Waals surface area contributed by atoms with Crippen LogP contribution >= 0.6 is 0 Å². The first-order valence-corrected chi connectivity index (χ1v) is 15.1. The Hall–Kier alpha value is -2.96. The molecule has 0 aromatic heterocycles. The van der Waals surface area contributed by atoms with E-state index >= 15 is 0 Å². The van der Waals surface area contributed by atoms with Gasteiger partial charge in [0.15, 0.2) is 0 Å². The van der Waals surface area contributed by atoms with Gasteiger partial charge < -0.3 is 23.8 Å². The Balaban J connectivity index is 2.35. The van der Waals surface area contributed by atoms with Crippen LogP contribution in [0.2, 0.25) is 0 Å². The number of hydrogen-bond acceptors (Lipinski definition) is 7. The van der Waals surface area contributed by atoms with Crippen LogP contribution < -0.4 is 18.9 Å². The molecule has 0 amide bonds. The molecule has 0 spiro atoms. The van der Waals surface area contributed by atoms with E-state index in [4.69, 9.17) is 23.8 Å². The van der Waals surface area contributed by atoms with Crippen molar-refractivity contribution in [3.63, 3.8) is 0 Å². The number of ether oxygens (including phenoxy) is 4. The Kier molecular flexibility index (Phi) is 15.9. The van der Waals surface area contributed by atoms with Crippen molar-refractivity contribution in [1.82, 2.24) is 0 Å². The first kappa shape index (κ1) is 33.2. The predicted octanol–water partition coefficient (Wildman–Crippen LogP) is 9.01. The average molecular weight is 558 g/mol. The van der Waals surface area contributed by atoms with Crippen molar-refractivity contribution in [3.05, 3.63) is 23.8 Å². The summed E-state index contributed by atoms with van der Waals surface area (Å²) in [5.41, 5.74) is 1.38. The van der Waals surface area contributed by atoms with E-state index < -0.39 is 0 Å². The van der Waals surface area contributed by atoms with Gasteiger partial charge in [-0.2, -0.15) is 0 Å². The molecule has 0 saturated carbocycles. The fourth-order valence-electron chi connectivity index (χ4n) is 5.05. The monoisotopic (exact) mass is 557 g/mol. The van der Waals surface area contributed by atoms with Crippen molar-refractivity contribution in [2.75, 3.05) is 28.4 Å². The van der Waals surface area contributed by atoms with Crippen molar-refractivity contribution in [1.29, 1.82) is 0 Å². The summed E-state index contributed by atoms with van der Waals surface area (Å²) in [5.74, 6) is 2.15. The van der Waals surface area contributed by atoms with Crippen molar-refractivity contribution in [2.45, 2.75) is 110 Å². The number of carbonyl (C=O) groups is 1. The molecule has 0 atom stereocenters. The quantitative estimate of drug-likeness (QED) is 0.0660. The van der Waals surface area contributed by atoms with Crippen molar-refractivity contribution >= 4 is 22.5 Å². The molecule has 0 unspecified atom stereocenters. The highest BCUT2D eigenvalue weighted by atomic mass is 16.7. The summed E-state index contributed by atoms with van der Waals surface area (Å²) in [6.07, 6.45) is 15.9. The summed E-state index contributed by atoms with van der Waals surface area (Å²) in [7, 11) is 6.49. The Morgan fingerprint density at radius 3 is 1.65 bits per heavy atom. The summed E-state index contributed by atoms with van der Waals surface area (Å²) >= 11 is 0. The minimum Gasteiger partial charge on any atom is -0.496 e. The molecule has 2 aromatic carbocycles. The lowest BCUT2D eigenvalue weighted by atomic mass is 9.96. The van der Waals surface area contributed by atoms with Gasteiger partial charge in [0.2, 0.25) is 0 Å². The molecule has 0 bridgehead atoms. The van der Waals surface area contributed by atoms with E-state index in [0.29, 0.717) is 41.6 Å². The van der Waals surface area contributed by atoms with Crippen LogP contribution in [0.1, 0.15) is 116 Å². The predicted molar refractivity (Wildman–Crippen MR) is 163 cm³/mol. The molecule has 224 valence electrons. The second-order valence-corrected chi connectivity index (χ2v) is 10.3. The van der Waals surface area contributed by atoms with Gasteiger partial charge in [0.05, 0.1) is 44.9 Å². The fraction of sp³-hybridized carbons (Fsp3) is 0.636. The van der Waals surface area contributed by atoms with E-state index in [0.717, 1.165) is 48.4 Å². The number of nitrogens with zero attached hydrogens (tertiary/aromatic N) is 1. The number of hydrogen-bond donors (Lipinski definition) is 0. The molecule has 0 aliphatic rings. The van der Waals surface area contributed by atoms with Crippen LogP contribution in [0, 0.1) is 0 Å². The number of rotatable bonds is 21. The average Bonchev–Trinajstić information content (AvgIpc) is 2.98. The smallest absolute Gasteiger partial charge is 0.335 e. The van der Waals surface area contributed by atoms with Crippen LogP contribution in [0.3, 0.4) is 0 Å². The van der Waals surface area contributed by atoms with E-state index in [1.54, 1.807) is 28.4 Å². The van der Waals surface area contributed by atoms with Gasteiger partial charge in [-0.3, -0.25) is 0 Å². The van der Waals surface area contributed by atoms with Crippen LogP contribution in [0.4, 0.5) is 0 Å². The molecule has 0 N–H and O–H groups in total. The Morgan fingerprint density at radius 1 is 0.625 bits per heavy atom. The molecule has 0 aliphatic carbocycles. The zero-order chi connectivity index (χ0) is 29.2. The Bertz CT molecular complexity index is 1060. The van der Waals surface area contributed by atoms with E-state index in [-0.39, 0.29) is 5.97 Å². The van der Waals surface area contributed by atoms with Gasteiger partial charge in [-0.05, 0) is 37.5 Å². The second kappa shape index (κ2) is 19.2. The second-order valence-electron chi connectivity index (χ2n) is 10.3. The first-order chi connectivity index (χ1) is 19.6. The maximum absolute atomic E-state index is 12.6. The van der Waals surface area contributed by atoms with Gasteiger partial charge >= 0.3 is 5.97 Å². The molecule has 0 aliphatic heterocycles. The third-order valence-corrected chi connectivity index (χ3v) is 7.31. The fourth-order valence-corrected chi connectivity index (χ4v) is 5.05. The van der Waals surface area contributed by atoms with E-state index in [1.807, 2.05) is 18.2 Å². The van der Waals surface area contributed by atoms with Crippen molar-refractivity contribution in [3.8, 4) is 23.0 Å². The molecule has 2 aromatic rings. The lowest BCUT2D eigenvalue weighted by molar-refractivity contribution is -0.143. The number of unbranched alkanes of at least 4 members (excludes halogenated alkanes) is 11. The molecule has 0 saturated heterocycles. The summed E-state index contributed by atoms with van der Waals surface area (Å²) in [4.78, 5) is 18.1. The highest BCUT2D eigenvalue weighted by Crippen LogP contribution is 2.46.